The molecule has 0 radical (unpaired) electrons. The number of rotatable bonds is 4. The van der Waals surface area contributed by atoms with Crippen LogP contribution < -0.4 is 5.32 Å². The van der Waals surface area contributed by atoms with E-state index >= 15 is 0 Å². The van der Waals surface area contributed by atoms with Crippen molar-refractivity contribution in [3.05, 3.63) is 34.3 Å². The molecule has 4 nitrogen and oxygen atoms in total. The second-order valence-corrected chi connectivity index (χ2v) is 5.58. The van der Waals surface area contributed by atoms with Gasteiger partial charge in [0.1, 0.15) is 6.04 Å². The van der Waals surface area contributed by atoms with E-state index in [0.29, 0.717) is 0 Å². The molecule has 0 aliphatic carbocycles. The van der Waals surface area contributed by atoms with Crippen LogP contribution in [0.15, 0.2) is 28.7 Å². The number of hydrogen-bond donors (Lipinski definition) is 2. The van der Waals surface area contributed by atoms with E-state index in [-0.39, 0.29) is 5.91 Å². The quantitative estimate of drug-likeness (QED) is 0.896. The lowest BCUT2D eigenvalue weighted by molar-refractivity contribution is -0.142. The zero-order valence-electron chi connectivity index (χ0n) is 10.5. The zero-order valence-corrected chi connectivity index (χ0v) is 12.1. The summed E-state index contributed by atoms with van der Waals surface area (Å²) < 4.78 is 0.882. The van der Waals surface area contributed by atoms with Crippen molar-refractivity contribution in [1.82, 2.24) is 5.32 Å². The molecular formula is C13H16BrNO3. The zero-order chi connectivity index (χ0) is 13.9. The van der Waals surface area contributed by atoms with Gasteiger partial charge in [0.25, 0.3) is 0 Å². The van der Waals surface area contributed by atoms with Gasteiger partial charge >= 0.3 is 5.97 Å². The second kappa shape index (κ2) is 5.52. The van der Waals surface area contributed by atoms with Gasteiger partial charge < -0.3 is 10.4 Å². The van der Waals surface area contributed by atoms with Gasteiger partial charge in [0.2, 0.25) is 5.91 Å². The molecule has 1 rings (SSSR count). The number of halogens is 1. The summed E-state index contributed by atoms with van der Waals surface area (Å²) in [7, 11) is 0. The summed E-state index contributed by atoms with van der Waals surface area (Å²) in [6, 6.07) is 6.51. The standard InChI is InChI=1S/C13H16BrNO3/c1-8(11(16)17)15-12(18)13(2,3)9-5-4-6-10(14)7-9/h4-8H,1-3H3,(H,15,18)(H,16,17)/t8-/m0/s1. The van der Waals surface area contributed by atoms with Crippen molar-refractivity contribution in [3.63, 3.8) is 0 Å². The Morgan fingerprint density at radius 3 is 2.50 bits per heavy atom. The summed E-state index contributed by atoms with van der Waals surface area (Å²) in [4.78, 5) is 22.8. The minimum atomic E-state index is -1.05. The highest BCUT2D eigenvalue weighted by atomic mass is 79.9. The molecular weight excluding hydrogens is 298 g/mol. The summed E-state index contributed by atoms with van der Waals surface area (Å²) in [5, 5.41) is 11.3. The van der Waals surface area contributed by atoms with Crippen LogP contribution in [0.1, 0.15) is 26.3 Å². The molecule has 2 N–H and O–H groups in total. The molecule has 1 amide bonds. The predicted molar refractivity (Wildman–Crippen MR) is 72.4 cm³/mol. The molecule has 0 unspecified atom stereocenters. The first-order valence-corrected chi connectivity index (χ1v) is 6.34. The maximum atomic E-state index is 12.1. The van der Waals surface area contributed by atoms with Crippen LogP contribution in [-0.4, -0.2) is 23.0 Å². The Morgan fingerprint density at radius 1 is 1.39 bits per heavy atom. The maximum absolute atomic E-state index is 12.1. The fourth-order valence-corrected chi connectivity index (χ4v) is 1.85. The van der Waals surface area contributed by atoms with E-state index in [0.717, 1.165) is 10.0 Å². The Bertz CT molecular complexity index is 471. The third-order valence-corrected chi connectivity index (χ3v) is 3.33. The normalized spacial score (nSPS) is 12.9. The van der Waals surface area contributed by atoms with Gasteiger partial charge in [-0.1, -0.05) is 28.1 Å². The molecule has 0 aliphatic rings. The first kappa shape index (κ1) is 14.7. The largest absolute Gasteiger partial charge is 0.480 e. The Morgan fingerprint density at radius 2 is 2.00 bits per heavy atom. The van der Waals surface area contributed by atoms with Crippen LogP contribution in [0.3, 0.4) is 0 Å². The number of hydrogen-bond acceptors (Lipinski definition) is 2. The molecule has 1 aromatic rings. The van der Waals surface area contributed by atoms with E-state index in [9.17, 15) is 9.59 Å². The van der Waals surface area contributed by atoms with Gasteiger partial charge in [0.15, 0.2) is 0 Å². The fourth-order valence-electron chi connectivity index (χ4n) is 1.45. The van der Waals surface area contributed by atoms with Crippen LogP contribution in [0.4, 0.5) is 0 Å². The second-order valence-electron chi connectivity index (χ2n) is 4.67. The molecule has 98 valence electrons. The van der Waals surface area contributed by atoms with Crippen LogP contribution in [-0.2, 0) is 15.0 Å². The molecule has 0 fully saturated rings. The van der Waals surface area contributed by atoms with Gasteiger partial charge in [-0.3, -0.25) is 9.59 Å². The number of carbonyl (C=O) groups excluding carboxylic acids is 1. The summed E-state index contributed by atoms with van der Waals surface area (Å²) in [5.74, 6) is -1.36. The third-order valence-electron chi connectivity index (χ3n) is 2.83. The van der Waals surface area contributed by atoms with Crippen molar-refractivity contribution in [2.45, 2.75) is 32.2 Å². The fraction of sp³-hybridized carbons (Fsp3) is 0.385. The molecule has 0 bridgehead atoms. The van der Waals surface area contributed by atoms with E-state index < -0.39 is 17.4 Å². The molecule has 0 aromatic heterocycles. The molecule has 0 spiro atoms. The summed E-state index contributed by atoms with van der Waals surface area (Å²) in [6.07, 6.45) is 0. The molecule has 18 heavy (non-hydrogen) atoms. The first-order chi connectivity index (χ1) is 8.25. The van der Waals surface area contributed by atoms with Crippen LogP contribution in [0.2, 0.25) is 0 Å². The number of nitrogens with one attached hydrogen (secondary N) is 1. The number of amides is 1. The minimum absolute atomic E-state index is 0.310. The Hall–Kier alpha value is -1.36. The highest BCUT2D eigenvalue weighted by Crippen LogP contribution is 2.26. The Balaban J connectivity index is 2.92. The summed E-state index contributed by atoms with van der Waals surface area (Å²) in [6.45, 7) is 4.97. The van der Waals surface area contributed by atoms with Crippen molar-refractivity contribution in [3.8, 4) is 0 Å². The van der Waals surface area contributed by atoms with Crippen molar-refractivity contribution < 1.29 is 14.7 Å². The van der Waals surface area contributed by atoms with Crippen LogP contribution in [0, 0.1) is 0 Å². The summed E-state index contributed by atoms with van der Waals surface area (Å²) in [5.41, 5.74) is 0.0417. The lowest BCUT2D eigenvalue weighted by Gasteiger charge is -2.25. The first-order valence-electron chi connectivity index (χ1n) is 5.55. The van der Waals surface area contributed by atoms with Crippen molar-refractivity contribution in [1.29, 1.82) is 0 Å². The van der Waals surface area contributed by atoms with E-state index in [4.69, 9.17) is 5.11 Å². The molecule has 0 saturated heterocycles. The molecule has 1 aromatic carbocycles. The maximum Gasteiger partial charge on any atom is 0.325 e. The molecule has 0 aliphatic heterocycles. The van der Waals surface area contributed by atoms with Gasteiger partial charge in [-0.25, -0.2) is 0 Å². The van der Waals surface area contributed by atoms with Crippen molar-refractivity contribution >= 4 is 27.8 Å². The van der Waals surface area contributed by atoms with Gasteiger partial charge in [-0.2, -0.15) is 0 Å². The molecule has 0 heterocycles. The van der Waals surface area contributed by atoms with E-state index in [1.165, 1.54) is 6.92 Å². The number of benzene rings is 1. The number of carboxylic acids is 1. The highest BCUT2D eigenvalue weighted by Gasteiger charge is 2.31. The van der Waals surface area contributed by atoms with E-state index in [1.54, 1.807) is 13.8 Å². The van der Waals surface area contributed by atoms with Crippen LogP contribution in [0.5, 0.6) is 0 Å². The third kappa shape index (κ3) is 3.32. The smallest absolute Gasteiger partial charge is 0.325 e. The lowest BCUT2D eigenvalue weighted by atomic mass is 9.83. The van der Waals surface area contributed by atoms with Gasteiger partial charge in [0.05, 0.1) is 5.41 Å². The van der Waals surface area contributed by atoms with E-state index in [1.807, 2.05) is 24.3 Å². The van der Waals surface area contributed by atoms with Gasteiger partial charge in [-0.15, -0.1) is 0 Å². The molecule has 0 saturated carbocycles. The Labute approximate surface area is 115 Å². The van der Waals surface area contributed by atoms with Crippen molar-refractivity contribution in [2.75, 3.05) is 0 Å². The minimum Gasteiger partial charge on any atom is -0.480 e. The van der Waals surface area contributed by atoms with Gasteiger partial charge in [-0.05, 0) is 38.5 Å². The average Bonchev–Trinajstić information content (AvgIpc) is 2.28. The highest BCUT2D eigenvalue weighted by molar-refractivity contribution is 9.10. The lowest BCUT2D eigenvalue weighted by Crippen LogP contribution is -2.47. The predicted octanol–water partition coefficient (Wildman–Crippen LogP) is 2.32. The monoisotopic (exact) mass is 313 g/mol. The number of carboxylic acid groups (broad SMARTS) is 1. The summed E-state index contributed by atoms with van der Waals surface area (Å²) >= 11 is 3.35. The SMILES string of the molecule is C[C@H](NC(=O)C(C)(C)c1cccc(Br)c1)C(=O)O. The number of carbonyl (C=O) groups is 2. The van der Waals surface area contributed by atoms with Crippen molar-refractivity contribution in [2.24, 2.45) is 0 Å². The van der Waals surface area contributed by atoms with E-state index in [2.05, 4.69) is 21.2 Å². The molecule has 5 heteroatoms. The Kier molecular flexibility index (Phi) is 4.51. The number of aliphatic carboxylic acids is 1. The average molecular weight is 314 g/mol. The van der Waals surface area contributed by atoms with Gasteiger partial charge in [0, 0.05) is 4.47 Å². The topological polar surface area (TPSA) is 66.4 Å². The van der Waals surface area contributed by atoms with Crippen LogP contribution in [0.25, 0.3) is 0 Å². The molecule has 1 atom stereocenters. The van der Waals surface area contributed by atoms with Crippen LogP contribution >= 0.6 is 15.9 Å².